The zero-order valence-electron chi connectivity index (χ0n) is 39.0. The summed E-state index contributed by atoms with van der Waals surface area (Å²) in [7, 11) is -8.32. The van der Waals surface area contributed by atoms with Crippen molar-refractivity contribution in [3.63, 3.8) is 0 Å². The maximum atomic E-state index is 13.6. The molecular formula is C44H86O8SSi3. The maximum Gasteiger partial charge on any atom is 0.200 e. The van der Waals surface area contributed by atoms with Gasteiger partial charge in [-0.05, 0) is 89.3 Å². The summed E-state index contributed by atoms with van der Waals surface area (Å²) in [5.41, 5.74) is 2.52. The SMILES string of the molecule is CCCCS(=O)(=O)C[C@H]1O[C@H]([C@@H](O[Si](CC)(CC)CC)[C@H](O[Si](C)(C)C(C)(C)C)[C@H](C)CCO[Si](C(C)C)(C(C)C)C(C)C)C[C@H]1OCc1ccc(OC)cc1. The summed E-state index contributed by atoms with van der Waals surface area (Å²) in [6.07, 6.45) is 0.820. The Morgan fingerprint density at radius 1 is 0.857 bits per heavy atom. The third-order valence-corrected chi connectivity index (χ3v) is 30.5. The summed E-state index contributed by atoms with van der Waals surface area (Å²) in [6, 6.07) is 10.8. The van der Waals surface area contributed by atoms with E-state index in [2.05, 4.69) is 103 Å². The van der Waals surface area contributed by atoms with Crippen LogP contribution in [0.4, 0.5) is 0 Å². The smallest absolute Gasteiger partial charge is 0.200 e. The molecule has 1 aliphatic rings. The van der Waals surface area contributed by atoms with Crippen LogP contribution in [0.5, 0.6) is 5.75 Å². The average molecular weight is 859 g/mol. The minimum atomic E-state index is -3.37. The van der Waals surface area contributed by atoms with Gasteiger partial charge in [0, 0.05) is 13.0 Å². The maximum absolute atomic E-state index is 13.6. The van der Waals surface area contributed by atoms with Crippen molar-refractivity contribution in [1.29, 1.82) is 0 Å². The number of ether oxygens (including phenoxy) is 3. The zero-order valence-corrected chi connectivity index (χ0v) is 42.8. The zero-order chi connectivity index (χ0) is 42.7. The van der Waals surface area contributed by atoms with Crippen LogP contribution in [0.15, 0.2) is 24.3 Å². The van der Waals surface area contributed by atoms with Crippen LogP contribution in [0, 0.1) is 5.92 Å². The Labute approximate surface area is 348 Å². The normalized spacial score (nSPS) is 20.6. The Kier molecular flexibility index (Phi) is 20.5. The van der Waals surface area contributed by atoms with Crippen LogP contribution in [0.3, 0.4) is 0 Å². The second-order valence-electron chi connectivity index (χ2n) is 19.2. The van der Waals surface area contributed by atoms with E-state index in [1.54, 1.807) is 7.11 Å². The summed E-state index contributed by atoms with van der Waals surface area (Å²) < 4.78 is 68.5. The van der Waals surface area contributed by atoms with Crippen molar-refractivity contribution in [2.24, 2.45) is 5.92 Å². The molecule has 0 unspecified atom stereocenters. The van der Waals surface area contributed by atoms with E-state index in [9.17, 15) is 8.42 Å². The van der Waals surface area contributed by atoms with Gasteiger partial charge in [-0.1, -0.05) is 115 Å². The third-order valence-electron chi connectivity index (χ3n) is 13.5. The highest BCUT2D eigenvalue weighted by atomic mass is 32.2. The first-order valence-corrected chi connectivity index (χ1v) is 31.5. The molecule has 6 atom stereocenters. The largest absolute Gasteiger partial charge is 0.497 e. The number of hydrogen-bond acceptors (Lipinski definition) is 8. The predicted molar refractivity (Wildman–Crippen MR) is 243 cm³/mol. The molecule has 0 radical (unpaired) electrons. The fourth-order valence-corrected chi connectivity index (χ4v) is 20.1. The van der Waals surface area contributed by atoms with Crippen LogP contribution in [0.2, 0.25) is 52.9 Å². The molecule has 8 nitrogen and oxygen atoms in total. The quantitative estimate of drug-likeness (QED) is 0.0851. The third kappa shape index (κ3) is 13.7. The molecule has 0 bridgehead atoms. The standard InChI is InChI=1S/C44H86O8SSi3/c1-18-22-29-53(45,46)32-41-39(48-31-37-23-25-38(47-15)26-24-37)30-40(50-41)43(52-55(19-2,20-3)21-4)42(51-54(16,17)44(12,13)14)36(11)27-28-49-56(33(5)6,34(7)8)35(9)10/h23-26,33-36,39-43H,18-22,27-32H2,1-17H3/t36-,39-,40+,41-,42-,43-/m1/s1. The number of methoxy groups -OCH3 is 1. The second-order valence-corrected chi connectivity index (χ2v) is 36.4. The van der Waals surface area contributed by atoms with Crippen molar-refractivity contribution in [2.45, 2.75) is 213 Å². The molecule has 0 aliphatic carbocycles. The molecule has 0 aromatic heterocycles. The Morgan fingerprint density at radius 3 is 1.88 bits per heavy atom. The molecule has 2 rings (SSSR count). The van der Waals surface area contributed by atoms with E-state index < -0.39 is 47.0 Å². The van der Waals surface area contributed by atoms with Crippen molar-refractivity contribution in [2.75, 3.05) is 25.2 Å². The van der Waals surface area contributed by atoms with E-state index in [1.807, 2.05) is 31.2 Å². The van der Waals surface area contributed by atoms with E-state index in [0.29, 0.717) is 42.7 Å². The van der Waals surface area contributed by atoms with Gasteiger partial charge in [0.25, 0.3) is 0 Å². The molecule has 0 saturated carbocycles. The summed E-state index contributed by atoms with van der Waals surface area (Å²) in [4.78, 5) is 0. The highest BCUT2D eigenvalue weighted by Gasteiger charge is 2.51. The molecule has 1 fully saturated rings. The van der Waals surface area contributed by atoms with Crippen molar-refractivity contribution in [3.05, 3.63) is 29.8 Å². The van der Waals surface area contributed by atoms with Gasteiger partial charge in [0.05, 0.1) is 55.7 Å². The van der Waals surface area contributed by atoms with Crippen LogP contribution < -0.4 is 4.74 Å². The molecule has 0 spiro atoms. The van der Waals surface area contributed by atoms with Gasteiger partial charge in [-0.15, -0.1) is 0 Å². The first-order valence-electron chi connectivity index (χ1n) is 22.1. The molecular weight excluding hydrogens is 773 g/mol. The van der Waals surface area contributed by atoms with Crippen molar-refractivity contribution in [3.8, 4) is 5.75 Å². The summed E-state index contributed by atoms with van der Waals surface area (Å²) >= 11 is 0. The first-order chi connectivity index (χ1) is 26.0. The van der Waals surface area contributed by atoms with Gasteiger partial charge >= 0.3 is 0 Å². The highest BCUT2D eigenvalue weighted by Crippen LogP contribution is 2.44. The van der Waals surface area contributed by atoms with E-state index >= 15 is 0 Å². The molecule has 0 amide bonds. The van der Waals surface area contributed by atoms with E-state index in [1.165, 1.54) is 0 Å². The lowest BCUT2D eigenvalue weighted by Crippen LogP contribution is -2.56. The van der Waals surface area contributed by atoms with Gasteiger partial charge in [0.1, 0.15) is 5.75 Å². The average Bonchev–Trinajstić information content (AvgIpc) is 3.52. The summed E-state index contributed by atoms with van der Waals surface area (Å²) in [6.45, 7) is 37.8. The van der Waals surface area contributed by atoms with Crippen molar-refractivity contribution >= 4 is 34.8 Å². The Bertz CT molecular complexity index is 1350. The van der Waals surface area contributed by atoms with Gasteiger partial charge in [0.2, 0.25) is 0 Å². The van der Waals surface area contributed by atoms with E-state index in [0.717, 1.165) is 42.3 Å². The number of unbranched alkanes of at least 4 members (excludes halogenated alkanes) is 1. The van der Waals surface area contributed by atoms with Gasteiger partial charge in [-0.2, -0.15) is 0 Å². The van der Waals surface area contributed by atoms with Crippen LogP contribution in [-0.2, 0) is 39.2 Å². The molecule has 1 heterocycles. The minimum Gasteiger partial charge on any atom is -0.497 e. The Hall–Kier alpha value is -0.579. The second kappa shape index (κ2) is 22.3. The number of hydrogen-bond donors (Lipinski definition) is 0. The molecule has 12 heteroatoms. The van der Waals surface area contributed by atoms with Gasteiger partial charge in [0.15, 0.2) is 34.8 Å². The van der Waals surface area contributed by atoms with Crippen LogP contribution >= 0.6 is 0 Å². The predicted octanol–water partition coefficient (Wildman–Crippen LogP) is 12.0. The summed E-state index contributed by atoms with van der Waals surface area (Å²) in [5.74, 6) is 0.981. The topological polar surface area (TPSA) is 89.5 Å². The molecule has 328 valence electrons. The van der Waals surface area contributed by atoms with E-state index in [-0.39, 0.29) is 40.8 Å². The highest BCUT2D eigenvalue weighted by molar-refractivity contribution is 7.91. The fourth-order valence-electron chi connectivity index (χ4n) is 8.66. The molecule has 1 saturated heterocycles. The van der Waals surface area contributed by atoms with E-state index in [4.69, 9.17) is 27.5 Å². The molecule has 1 aromatic rings. The van der Waals surface area contributed by atoms with Crippen LogP contribution in [0.1, 0.15) is 128 Å². The number of benzene rings is 1. The monoisotopic (exact) mass is 859 g/mol. The van der Waals surface area contributed by atoms with Crippen LogP contribution in [0.25, 0.3) is 0 Å². The van der Waals surface area contributed by atoms with Crippen molar-refractivity contribution < 1.29 is 35.9 Å². The van der Waals surface area contributed by atoms with Crippen LogP contribution in [-0.4, -0.2) is 89.1 Å². The number of sulfone groups is 1. The lowest BCUT2D eigenvalue weighted by Gasteiger charge is -2.47. The van der Waals surface area contributed by atoms with Gasteiger partial charge in [-0.3, -0.25) is 0 Å². The number of rotatable bonds is 26. The first kappa shape index (κ1) is 51.6. The minimum absolute atomic E-state index is 0.0216. The van der Waals surface area contributed by atoms with Crippen molar-refractivity contribution in [1.82, 2.24) is 0 Å². The molecule has 0 N–H and O–H groups in total. The fraction of sp³-hybridized carbons (Fsp3) is 0.864. The molecule has 1 aliphatic heterocycles. The summed E-state index contributed by atoms with van der Waals surface area (Å²) in [5, 5.41) is -0.0216. The lowest BCUT2D eigenvalue weighted by atomic mass is 9.92. The van der Waals surface area contributed by atoms with Gasteiger partial charge < -0.3 is 27.5 Å². The lowest BCUT2D eigenvalue weighted by molar-refractivity contribution is -0.0899. The Morgan fingerprint density at radius 2 is 1.41 bits per heavy atom. The molecule has 56 heavy (non-hydrogen) atoms. The van der Waals surface area contributed by atoms with Gasteiger partial charge in [-0.25, -0.2) is 8.42 Å². The Balaban J connectivity index is 2.67. The molecule has 1 aromatic carbocycles.